The van der Waals surface area contributed by atoms with Gasteiger partial charge in [-0.05, 0) is 66.6 Å². The molecule has 1 amide bonds. The molecule has 4 aromatic rings. The van der Waals surface area contributed by atoms with Crippen molar-refractivity contribution in [1.82, 2.24) is 30.2 Å². The average Bonchev–Trinajstić information content (AvgIpc) is 3.50. The number of nitrogens with zero attached hydrogens (tertiary/aromatic N) is 5. The summed E-state index contributed by atoms with van der Waals surface area (Å²) in [5.74, 6) is 1.02. The van der Waals surface area contributed by atoms with Gasteiger partial charge in [-0.3, -0.25) is 23.8 Å². The predicted octanol–water partition coefficient (Wildman–Crippen LogP) is 5.95. The zero-order chi connectivity index (χ0) is 32.8. The van der Waals surface area contributed by atoms with Crippen molar-refractivity contribution in [2.45, 2.75) is 78.6 Å². The van der Waals surface area contributed by atoms with Gasteiger partial charge in [0, 0.05) is 62.4 Å². The second-order valence-corrected chi connectivity index (χ2v) is 16.0. The van der Waals surface area contributed by atoms with Crippen LogP contribution in [0.25, 0.3) is 11.0 Å². The maximum Gasteiger partial charge on any atom is 0.226 e. The van der Waals surface area contributed by atoms with Gasteiger partial charge in [-0.1, -0.05) is 50.3 Å². The van der Waals surface area contributed by atoms with E-state index in [-0.39, 0.29) is 29.7 Å². The van der Waals surface area contributed by atoms with Crippen molar-refractivity contribution >= 4 is 27.5 Å². The first-order valence-electron chi connectivity index (χ1n) is 16.1. The number of pyridine rings is 1. The van der Waals surface area contributed by atoms with Crippen molar-refractivity contribution in [3.05, 3.63) is 82.2 Å². The van der Waals surface area contributed by atoms with E-state index in [1.54, 1.807) is 10.9 Å². The Balaban J connectivity index is 1.39. The number of nitrogens with one attached hydrogen (secondary N) is 1. The number of benzene rings is 2. The minimum atomic E-state index is -2.64. The summed E-state index contributed by atoms with van der Waals surface area (Å²) in [6.07, 6.45) is 5.23. The summed E-state index contributed by atoms with van der Waals surface area (Å²) in [5, 5.41) is 11.9. The van der Waals surface area contributed by atoms with Gasteiger partial charge in [0.25, 0.3) is 0 Å². The molecule has 0 bridgehead atoms. The van der Waals surface area contributed by atoms with Gasteiger partial charge in [0.1, 0.15) is 17.4 Å². The van der Waals surface area contributed by atoms with Crippen LogP contribution in [-0.4, -0.2) is 70.1 Å². The Labute approximate surface area is 272 Å². The summed E-state index contributed by atoms with van der Waals surface area (Å²) in [4.78, 5) is 21.0. The number of hydrogen-bond acceptors (Lipinski definition) is 8. The Morgan fingerprint density at radius 2 is 2.00 bits per heavy atom. The van der Waals surface area contributed by atoms with E-state index in [1.165, 1.54) is 11.1 Å². The fourth-order valence-electron chi connectivity index (χ4n) is 7.06. The van der Waals surface area contributed by atoms with E-state index in [0.29, 0.717) is 12.2 Å². The molecule has 6 rings (SSSR count). The number of carbonyl (C=O) groups is 1. The number of aromatic nitrogens is 4. The van der Waals surface area contributed by atoms with Gasteiger partial charge < -0.3 is 10.1 Å². The monoisotopic (exact) mass is 646 g/mol. The highest BCUT2D eigenvalue weighted by atomic mass is 32.3. The van der Waals surface area contributed by atoms with Crippen LogP contribution < -0.4 is 10.1 Å². The molecule has 1 saturated heterocycles. The van der Waals surface area contributed by atoms with Crippen LogP contribution in [-0.2, 0) is 24.9 Å². The normalized spacial score (nSPS) is 21.3. The molecule has 0 spiro atoms. The molecule has 46 heavy (non-hydrogen) atoms. The van der Waals surface area contributed by atoms with E-state index in [0.717, 1.165) is 65.1 Å². The van der Waals surface area contributed by atoms with Crippen molar-refractivity contribution < 1.29 is 18.6 Å². The third-order valence-electron chi connectivity index (χ3n) is 9.86. The molecule has 0 saturated carbocycles. The van der Waals surface area contributed by atoms with Gasteiger partial charge >= 0.3 is 0 Å². The highest BCUT2D eigenvalue weighted by Gasteiger charge is 2.42. The standard InChI is InChI=1S/C35H46N6O4S/c1-7-28-20-41(19-26-17-36-14-12-31(26)45-28)18-25-16-24(9-8-22(25)2)32(29-10-11-30-33(23(29)3)38-39-40(30)6)35(4,5)34(42)37-27-13-15-46(43,44)21-27/h8-12,14,16-17,27-28,32,43-44H,7,13,15,18-21H2,1-6H3,(H,37,42)/t27?,28-,32+/m1/s1. The largest absolute Gasteiger partial charge is 0.489 e. The van der Waals surface area contributed by atoms with E-state index < -0.39 is 16.0 Å². The first-order chi connectivity index (χ1) is 21.9. The Morgan fingerprint density at radius 3 is 2.74 bits per heavy atom. The SMILES string of the molecule is CC[C@@H]1CN(Cc2cc([C@@H](c3ccc4c(nnn4C)c3C)C(C)(C)C(=O)NC3CCS(O)(O)C3)ccc2C)Cc2cnccc2O1. The Hall–Kier alpha value is -3.51. The van der Waals surface area contributed by atoms with Crippen LogP contribution in [0.5, 0.6) is 5.75 Å². The molecule has 246 valence electrons. The minimum absolute atomic E-state index is 0.0814. The zero-order valence-electron chi connectivity index (χ0n) is 27.7. The van der Waals surface area contributed by atoms with Gasteiger partial charge in [-0.15, -0.1) is 5.10 Å². The molecular formula is C35H46N6O4S. The van der Waals surface area contributed by atoms with Crippen molar-refractivity contribution in [2.75, 3.05) is 18.1 Å². The molecule has 2 aromatic carbocycles. The molecular weight excluding hydrogens is 600 g/mol. The number of fused-ring (bicyclic) bond motifs is 2. The third kappa shape index (κ3) is 6.38. The quantitative estimate of drug-likeness (QED) is 0.215. The molecule has 2 aromatic heterocycles. The molecule has 0 aliphatic carbocycles. The van der Waals surface area contributed by atoms with E-state index in [2.05, 4.69) is 70.5 Å². The summed E-state index contributed by atoms with van der Waals surface area (Å²) in [6, 6.07) is 12.4. The molecule has 3 atom stereocenters. The van der Waals surface area contributed by atoms with Crippen molar-refractivity contribution in [3.63, 3.8) is 0 Å². The number of carbonyl (C=O) groups excluding carboxylic acids is 1. The second-order valence-electron chi connectivity index (χ2n) is 13.6. The van der Waals surface area contributed by atoms with Crippen molar-refractivity contribution in [3.8, 4) is 5.75 Å². The first kappa shape index (κ1) is 32.4. The highest BCUT2D eigenvalue weighted by molar-refractivity contribution is 8.24. The Bertz CT molecular complexity index is 1750. The van der Waals surface area contributed by atoms with E-state index in [1.807, 2.05) is 39.2 Å². The lowest BCUT2D eigenvalue weighted by molar-refractivity contribution is -0.130. The highest BCUT2D eigenvalue weighted by Crippen LogP contribution is 2.47. The third-order valence-corrected chi connectivity index (χ3v) is 11.7. The van der Waals surface area contributed by atoms with Crippen LogP contribution in [0.2, 0.25) is 0 Å². The van der Waals surface area contributed by atoms with Gasteiger partial charge in [-0.2, -0.15) is 10.6 Å². The summed E-state index contributed by atoms with van der Waals surface area (Å²) >= 11 is 0. The maximum atomic E-state index is 14.2. The van der Waals surface area contributed by atoms with Crippen molar-refractivity contribution in [2.24, 2.45) is 12.5 Å². The number of ether oxygens (including phenoxy) is 1. The van der Waals surface area contributed by atoms with Gasteiger partial charge in [0.05, 0.1) is 16.7 Å². The molecule has 1 fully saturated rings. The molecule has 4 heterocycles. The Morgan fingerprint density at radius 1 is 1.20 bits per heavy atom. The summed E-state index contributed by atoms with van der Waals surface area (Å²) in [6.45, 7) is 12.6. The second kappa shape index (κ2) is 12.6. The smallest absolute Gasteiger partial charge is 0.226 e. The lowest BCUT2D eigenvalue weighted by Crippen LogP contribution is -2.46. The fraction of sp³-hybridized carbons (Fsp3) is 0.486. The van der Waals surface area contributed by atoms with E-state index in [4.69, 9.17) is 4.74 Å². The van der Waals surface area contributed by atoms with Gasteiger partial charge in [-0.25, -0.2) is 4.68 Å². The molecule has 11 heteroatoms. The Kier molecular flexibility index (Phi) is 8.88. The summed E-state index contributed by atoms with van der Waals surface area (Å²) in [7, 11) is -0.759. The van der Waals surface area contributed by atoms with E-state index >= 15 is 0 Å². The van der Waals surface area contributed by atoms with Crippen LogP contribution in [0.15, 0.2) is 48.8 Å². The number of hydrogen-bond donors (Lipinski definition) is 3. The lowest BCUT2D eigenvalue weighted by Gasteiger charge is -2.36. The zero-order valence-corrected chi connectivity index (χ0v) is 28.5. The van der Waals surface area contributed by atoms with E-state index in [9.17, 15) is 13.9 Å². The molecule has 10 nitrogen and oxygen atoms in total. The van der Waals surface area contributed by atoms with Crippen LogP contribution >= 0.6 is 10.6 Å². The molecule has 3 N–H and O–H groups in total. The van der Waals surface area contributed by atoms with Crippen LogP contribution in [0.3, 0.4) is 0 Å². The molecule has 1 unspecified atom stereocenters. The summed E-state index contributed by atoms with van der Waals surface area (Å²) < 4.78 is 28.6. The minimum Gasteiger partial charge on any atom is -0.489 e. The number of rotatable bonds is 8. The molecule has 2 aliphatic heterocycles. The van der Waals surface area contributed by atoms with Crippen LogP contribution in [0, 0.1) is 19.3 Å². The summed E-state index contributed by atoms with van der Waals surface area (Å²) in [5.41, 5.74) is 7.40. The van der Waals surface area contributed by atoms with Gasteiger partial charge in [0.15, 0.2) is 0 Å². The maximum absolute atomic E-state index is 14.2. The topological polar surface area (TPSA) is 126 Å². The fourth-order valence-corrected chi connectivity index (χ4v) is 8.78. The van der Waals surface area contributed by atoms with Crippen LogP contribution in [0.4, 0.5) is 0 Å². The average molecular weight is 647 g/mol. The molecule has 0 radical (unpaired) electrons. The van der Waals surface area contributed by atoms with Gasteiger partial charge in [0.2, 0.25) is 5.91 Å². The predicted molar refractivity (Wildman–Crippen MR) is 182 cm³/mol. The lowest BCUT2D eigenvalue weighted by atomic mass is 9.69. The number of amides is 1. The first-order valence-corrected chi connectivity index (χ1v) is 18.0. The van der Waals surface area contributed by atoms with Crippen molar-refractivity contribution in [1.29, 1.82) is 0 Å². The van der Waals surface area contributed by atoms with Crippen LogP contribution in [0.1, 0.15) is 72.9 Å². The number of aryl methyl sites for hydroxylation is 3. The molecule has 2 aliphatic rings.